The van der Waals surface area contributed by atoms with Gasteiger partial charge < -0.3 is 5.73 Å². The van der Waals surface area contributed by atoms with E-state index in [2.05, 4.69) is 6.07 Å². The summed E-state index contributed by atoms with van der Waals surface area (Å²) < 4.78 is 37.7. The Morgan fingerprint density at radius 1 is 1.00 bits per heavy atom. The third kappa shape index (κ3) is 3.94. The number of anilines is 1. The van der Waals surface area contributed by atoms with Gasteiger partial charge in [0.15, 0.2) is 0 Å². The lowest BCUT2D eigenvalue weighted by Gasteiger charge is -2.11. The highest BCUT2D eigenvalue weighted by Crippen LogP contribution is 2.35. The molecule has 0 aliphatic heterocycles. The van der Waals surface area contributed by atoms with Gasteiger partial charge >= 0.3 is 6.18 Å². The zero-order chi connectivity index (χ0) is 15.6. The molecule has 0 aliphatic rings. The minimum absolute atomic E-state index is 0.165. The maximum absolute atomic E-state index is 12.6. The van der Waals surface area contributed by atoms with E-state index in [0.29, 0.717) is 10.6 Å². The smallest absolute Gasteiger partial charge is 0.398 e. The van der Waals surface area contributed by atoms with Gasteiger partial charge in [0.1, 0.15) is 0 Å². The summed E-state index contributed by atoms with van der Waals surface area (Å²) in [7, 11) is 0. The maximum atomic E-state index is 12.6. The molecular formula is C16H16F3NS. The first-order chi connectivity index (χ1) is 9.77. The summed E-state index contributed by atoms with van der Waals surface area (Å²) in [6, 6.07) is 9.64. The van der Waals surface area contributed by atoms with Crippen molar-refractivity contribution in [3.63, 3.8) is 0 Å². The van der Waals surface area contributed by atoms with Gasteiger partial charge in [0.05, 0.1) is 5.56 Å². The minimum Gasteiger partial charge on any atom is -0.398 e. The average Bonchev–Trinajstić information content (AvgIpc) is 2.40. The van der Waals surface area contributed by atoms with Gasteiger partial charge in [0.2, 0.25) is 0 Å². The molecule has 0 saturated heterocycles. The first-order valence-corrected chi connectivity index (χ1v) is 7.41. The van der Waals surface area contributed by atoms with Crippen LogP contribution in [0.2, 0.25) is 0 Å². The second-order valence-electron chi connectivity index (χ2n) is 4.96. The molecule has 2 rings (SSSR count). The monoisotopic (exact) mass is 311 g/mol. The number of alkyl halides is 3. The molecule has 0 heterocycles. The number of thioether (sulfide) groups is 1. The van der Waals surface area contributed by atoms with Crippen molar-refractivity contribution in [2.24, 2.45) is 0 Å². The van der Waals surface area contributed by atoms with Crippen LogP contribution in [0.4, 0.5) is 18.9 Å². The highest BCUT2D eigenvalue weighted by molar-refractivity contribution is 7.98. The van der Waals surface area contributed by atoms with Crippen molar-refractivity contribution in [3.05, 3.63) is 58.7 Å². The largest absolute Gasteiger partial charge is 0.416 e. The Labute approximate surface area is 126 Å². The van der Waals surface area contributed by atoms with Crippen LogP contribution in [0.5, 0.6) is 0 Å². The topological polar surface area (TPSA) is 26.0 Å². The first-order valence-electron chi connectivity index (χ1n) is 6.43. The van der Waals surface area contributed by atoms with E-state index >= 15 is 0 Å². The van der Waals surface area contributed by atoms with Crippen LogP contribution in [0.3, 0.4) is 0 Å². The van der Waals surface area contributed by atoms with E-state index in [1.807, 2.05) is 26.0 Å². The van der Waals surface area contributed by atoms with Crippen LogP contribution in [0.15, 0.2) is 41.3 Å². The fourth-order valence-electron chi connectivity index (χ4n) is 1.91. The molecule has 0 amide bonds. The molecule has 21 heavy (non-hydrogen) atoms. The first kappa shape index (κ1) is 15.8. The second kappa shape index (κ2) is 6.02. The van der Waals surface area contributed by atoms with Crippen LogP contribution in [0.1, 0.15) is 22.3 Å². The fraction of sp³-hybridized carbons (Fsp3) is 0.250. The van der Waals surface area contributed by atoms with E-state index < -0.39 is 11.7 Å². The van der Waals surface area contributed by atoms with E-state index in [0.717, 1.165) is 17.7 Å². The summed E-state index contributed by atoms with van der Waals surface area (Å²) in [5.41, 5.74) is 8.72. The standard InChI is InChI=1S/C16H16F3NS/c1-10-3-4-12(7-11(10)2)9-21-15-6-5-13(8-14(15)20)16(17,18)19/h3-8H,9,20H2,1-2H3. The highest BCUT2D eigenvalue weighted by atomic mass is 32.2. The number of hydrogen-bond acceptors (Lipinski definition) is 2. The van der Waals surface area contributed by atoms with Crippen LogP contribution in [-0.2, 0) is 11.9 Å². The molecule has 2 aromatic carbocycles. The van der Waals surface area contributed by atoms with Gasteiger partial charge in [-0.2, -0.15) is 13.2 Å². The Kier molecular flexibility index (Phi) is 4.52. The lowest BCUT2D eigenvalue weighted by molar-refractivity contribution is -0.137. The summed E-state index contributed by atoms with van der Waals surface area (Å²) in [6.45, 7) is 4.08. The summed E-state index contributed by atoms with van der Waals surface area (Å²) in [4.78, 5) is 0.668. The van der Waals surface area contributed by atoms with Gasteiger partial charge in [-0.3, -0.25) is 0 Å². The molecule has 0 saturated carbocycles. The number of hydrogen-bond donors (Lipinski definition) is 1. The quantitative estimate of drug-likeness (QED) is 0.623. The van der Waals surface area contributed by atoms with Crippen LogP contribution >= 0.6 is 11.8 Å². The van der Waals surface area contributed by atoms with Crippen LogP contribution in [0, 0.1) is 13.8 Å². The van der Waals surface area contributed by atoms with Gasteiger partial charge in [0, 0.05) is 16.3 Å². The van der Waals surface area contributed by atoms with E-state index in [1.54, 1.807) is 0 Å². The van der Waals surface area contributed by atoms with Crippen LogP contribution < -0.4 is 5.73 Å². The van der Waals surface area contributed by atoms with E-state index in [-0.39, 0.29) is 5.69 Å². The normalized spacial score (nSPS) is 11.7. The Balaban J connectivity index is 2.11. The predicted molar refractivity (Wildman–Crippen MR) is 81.3 cm³/mol. The van der Waals surface area contributed by atoms with Crippen molar-refractivity contribution < 1.29 is 13.2 Å². The Bertz CT molecular complexity index is 650. The van der Waals surface area contributed by atoms with Crippen molar-refractivity contribution in [3.8, 4) is 0 Å². The van der Waals surface area contributed by atoms with Crippen LogP contribution in [0.25, 0.3) is 0 Å². The molecule has 0 spiro atoms. The molecule has 0 aromatic heterocycles. The van der Waals surface area contributed by atoms with Crippen molar-refractivity contribution in [1.82, 2.24) is 0 Å². The zero-order valence-corrected chi connectivity index (χ0v) is 12.6. The van der Waals surface area contributed by atoms with Gasteiger partial charge in [-0.05, 0) is 48.7 Å². The Morgan fingerprint density at radius 2 is 1.71 bits per heavy atom. The van der Waals surface area contributed by atoms with Crippen molar-refractivity contribution in [2.75, 3.05) is 5.73 Å². The van der Waals surface area contributed by atoms with Crippen molar-refractivity contribution in [2.45, 2.75) is 30.7 Å². The molecule has 5 heteroatoms. The van der Waals surface area contributed by atoms with E-state index in [4.69, 9.17) is 5.73 Å². The van der Waals surface area contributed by atoms with Crippen molar-refractivity contribution >= 4 is 17.4 Å². The molecule has 0 aliphatic carbocycles. The lowest BCUT2D eigenvalue weighted by atomic mass is 10.1. The number of rotatable bonds is 3. The SMILES string of the molecule is Cc1ccc(CSc2ccc(C(F)(F)F)cc2N)cc1C. The Morgan fingerprint density at radius 3 is 2.29 bits per heavy atom. The molecule has 1 nitrogen and oxygen atoms in total. The molecule has 0 atom stereocenters. The van der Waals surface area contributed by atoms with E-state index in [9.17, 15) is 13.2 Å². The molecule has 112 valence electrons. The zero-order valence-electron chi connectivity index (χ0n) is 11.8. The Hall–Kier alpha value is -1.62. The number of halogens is 3. The molecule has 0 fully saturated rings. The third-order valence-electron chi connectivity index (χ3n) is 3.30. The lowest BCUT2D eigenvalue weighted by Crippen LogP contribution is -2.05. The highest BCUT2D eigenvalue weighted by Gasteiger charge is 2.30. The summed E-state index contributed by atoms with van der Waals surface area (Å²) in [6.07, 6.45) is -4.36. The fourth-order valence-corrected chi connectivity index (χ4v) is 2.80. The summed E-state index contributed by atoms with van der Waals surface area (Å²) in [5, 5.41) is 0. The predicted octanol–water partition coefficient (Wildman–Crippen LogP) is 5.20. The van der Waals surface area contributed by atoms with Gasteiger partial charge in [-0.15, -0.1) is 11.8 Å². The molecule has 0 bridgehead atoms. The van der Waals surface area contributed by atoms with Crippen molar-refractivity contribution in [1.29, 1.82) is 0 Å². The third-order valence-corrected chi connectivity index (χ3v) is 4.46. The van der Waals surface area contributed by atoms with Gasteiger partial charge in [0.25, 0.3) is 0 Å². The second-order valence-corrected chi connectivity index (χ2v) is 5.97. The van der Waals surface area contributed by atoms with Crippen LogP contribution in [-0.4, -0.2) is 0 Å². The molecule has 0 radical (unpaired) electrons. The number of nitrogen functional groups attached to an aromatic ring is 1. The molecule has 2 aromatic rings. The maximum Gasteiger partial charge on any atom is 0.416 e. The van der Waals surface area contributed by atoms with Gasteiger partial charge in [-0.1, -0.05) is 18.2 Å². The van der Waals surface area contributed by atoms with Gasteiger partial charge in [-0.25, -0.2) is 0 Å². The molecule has 2 N–H and O–H groups in total. The number of aryl methyl sites for hydroxylation is 2. The van der Waals surface area contributed by atoms with E-state index in [1.165, 1.54) is 29.0 Å². The number of nitrogens with two attached hydrogens (primary N) is 1. The number of benzene rings is 2. The summed E-state index contributed by atoms with van der Waals surface area (Å²) in [5.74, 6) is 0.677. The molecular weight excluding hydrogens is 295 g/mol. The summed E-state index contributed by atoms with van der Waals surface area (Å²) >= 11 is 1.44. The average molecular weight is 311 g/mol. The molecule has 0 unspecified atom stereocenters. The minimum atomic E-state index is -4.36.